The first-order valence-electron chi connectivity index (χ1n) is 11.6. The van der Waals surface area contributed by atoms with Crippen LogP contribution in [0.5, 0.6) is 0 Å². The van der Waals surface area contributed by atoms with Gasteiger partial charge in [-0.1, -0.05) is 32.0 Å². The van der Waals surface area contributed by atoms with Crippen LogP contribution >= 0.6 is 0 Å². The molecule has 8 nitrogen and oxygen atoms in total. The lowest BCUT2D eigenvalue weighted by Gasteiger charge is -2.72. The molecule has 4 bridgehead atoms. The number of carbonyl (C=O) groups is 1. The SMILES string of the molecule is C=C1C(=O)[C@]23[C@H](O)[C@H]1C[C@H](O)[C@H]2[C@]12CCCC(C)(C)[C@H]1C[C@H]3O[C@H]2OCCCN=[N+]=[N-]. The Morgan fingerprint density at radius 3 is 2.84 bits per heavy atom. The molecule has 170 valence electrons. The molecule has 9 atom stereocenters. The lowest BCUT2D eigenvalue weighted by molar-refractivity contribution is -0.402. The minimum absolute atomic E-state index is 0.0226. The third-order valence-corrected chi connectivity index (χ3v) is 9.44. The van der Waals surface area contributed by atoms with Gasteiger partial charge in [-0.15, -0.1) is 0 Å². The number of nitrogens with zero attached hydrogens (tertiary/aromatic N) is 3. The first-order chi connectivity index (χ1) is 14.7. The number of rotatable bonds is 5. The highest BCUT2D eigenvalue weighted by molar-refractivity contribution is 6.04. The maximum absolute atomic E-state index is 13.6. The number of azide groups is 1. The van der Waals surface area contributed by atoms with Crippen molar-refractivity contribution in [2.24, 2.45) is 39.1 Å². The van der Waals surface area contributed by atoms with Crippen molar-refractivity contribution >= 4 is 5.78 Å². The van der Waals surface area contributed by atoms with E-state index in [2.05, 4.69) is 30.5 Å². The number of ether oxygens (including phenoxy) is 2. The number of aliphatic hydroxyl groups is 2. The fourth-order valence-corrected chi connectivity index (χ4v) is 8.44. The van der Waals surface area contributed by atoms with E-state index in [9.17, 15) is 15.0 Å². The Morgan fingerprint density at radius 1 is 1.32 bits per heavy atom. The summed E-state index contributed by atoms with van der Waals surface area (Å²) in [5.41, 5.74) is 7.31. The van der Waals surface area contributed by atoms with E-state index in [0.717, 1.165) is 19.3 Å². The van der Waals surface area contributed by atoms with Crippen LogP contribution in [-0.4, -0.2) is 53.7 Å². The molecule has 0 radical (unpaired) electrons. The van der Waals surface area contributed by atoms with Crippen molar-refractivity contribution < 1.29 is 24.5 Å². The van der Waals surface area contributed by atoms with Gasteiger partial charge in [-0.2, -0.15) is 0 Å². The number of Topliss-reactive ketones (excluding diaryl/α,β-unsaturated/α-hetero) is 1. The van der Waals surface area contributed by atoms with Crippen molar-refractivity contribution in [1.82, 2.24) is 0 Å². The van der Waals surface area contributed by atoms with E-state index in [-0.39, 0.29) is 17.1 Å². The molecule has 2 heterocycles. The van der Waals surface area contributed by atoms with Gasteiger partial charge in [0.25, 0.3) is 0 Å². The monoisotopic (exact) mass is 431 g/mol. The molecule has 0 unspecified atom stereocenters. The smallest absolute Gasteiger partial charge is 0.170 e. The maximum atomic E-state index is 13.6. The molecule has 0 amide bonds. The van der Waals surface area contributed by atoms with E-state index in [4.69, 9.17) is 15.0 Å². The van der Waals surface area contributed by atoms with Gasteiger partial charge in [0.1, 0.15) is 0 Å². The largest absolute Gasteiger partial charge is 0.393 e. The Morgan fingerprint density at radius 2 is 2.10 bits per heavy atom. The Labute approximate surface area is 182 Å². The van der Waals surface area contributed by atoms with Crippen LogP contribution in [0.15, 0.2) is 17.3 Å². The van der Waals surface area contributed by atoms with Gasteiger partial charge in [-0.3, -0.25) is 4.79 Å². The fraction of sp³-hybridized carbons (Fsp3) is 0.870. The number of hydrogen-bond donors (Lipinski definition) is 2. The van der Waals surface area contributed by atoms with E-state index in [1.807, 2.05) is 0 Å². The Balaban J connectivity index is 1.59. The fourth-order valence-electron chi connectivity index (χ4n) is 8.44. The minimum Gasteiger partial charge on any atom is -0.393 e. The molecule has 2 aliphatic heterocycles. The summed E-state index contributed by atoms with van der Waals surface area (Å²) >= 11 is 0. The molecule has 2 N–H and O–H groups in total. The topological polar surface area (TPSA) is 125 Å². The summed E-state index contributed by atoms with van der Waals surface area (Å²) in [6, 6.07) is 0. The van der Waals surface area contributed by atoms with Gasteiger partial charge in [-0.05, 0) is 54.5 Å². The van der Waals surface area contributed by atoms with Gasteiger partial charge in [0.2, 0.25) is 0 Å². The molecule has 0 aromatic heterocycles. The third-order valence-electron chi connectivity index (χ3n) is 9.44. The molecule has 8 heteroatoms. The van der Waals surface area contributed by atoms with Crippen LogP contribution < -0.4 is 0 Å². The molecule has 0 aromatic rings. The molecule has 0 aromatic carbocycles. The van der Waals surface area contributed by atoms with Crippen LogP contribution in [-0.2, 0) is 14.3 Å². The highest BCUT2D eigenvalue weighted by atomic mass is 16.7. The van der Waals surface area contributed by atoms with Crippen LogP contribution in [0.4, 0.5) is 0 Å². The quantitative estimate of drug-likeness (QED) is 0.227. The van der Waals surface area contributed by atoms with E-state index < -0.39 is 47.3 Å². The van der Waals surface area contributed by atoms with Crippen LogP contribution in [0.2, 0.25) is 0 Å². The average molecular weight is 432 g/mol. The lowest BCUT2D eigenvalue weighted by atomic mass is 9.37. The Kier molecular flexibility index (Phi) is 4.85. The van der Waals surface area contributed by atoms with Gasteiger partial charge in [0.05, 0.1) is 23.7 Å². The van der Waals surface area contributed by atoms with Gasteiger partial charge < -0.3 is 19.7 Å². The molecule has 6 fully saturated rings. The van der Waals surface area contributed by atoms with Crippen molar-refractivity contribution in [2.45, 2.75) is 77.0 Å². The lowest BCUT2D eigenvalue weighted by Crippen LogP contribution is -2.78. The summed E-state index contributed by atoms with van der Waals surface area (Å²) in [6.45, 7) is 9.29. The van der Waals surface area contributed by atoms with Crippen LogP contribution in [0.25, 0.3) is 10.4 Å². The second-order valence-electron chi connectivity index (χ2n) is 11.0. The molecule has 4 saturated carbocycles. The number of carbonyl (C=O) groups excluding carboxylic acids is 1. The van der Waals surface area contributed by atoms with Crippen LogP contribution in [0.1, 0.15) is 52.4 Å². The van der Waals surface area contributed by atoms with E-state index in [1.165, 1.54) is 0 Å². The number of hydrogen-bond acceptors (Lipinski definition) is 6. The number of ketones is 1. The normalized spacial score (nSPS) is 49.4. The summed E-state index contributed by atoms with van der Waals surface area (Å²) in [5, 5.41) is 26.4. The maximum Gasteiger partial charge on any atom is 0.170 e. The van der Waals surface area contributed by atoms with Gasteiger partial charge in [0.15, 0.2) is 12.1 Å². The summed E-state index contributed by atoms with van der Waals surface area (Å²) in [6.07, 6.45) is 1.88. The van der Waals surface area contributed by atoms with Crippen molar-refractivity contribution in [3.63, 3.8) is 0 Å². The summed E-state index contributed by atoms with van der Waals surface area (Å²) in [5.74, 6) is -0.682. The molecule has 2 spiro atoms. The minimum atomic E-state index is -1.12. The number of aliphatic hydroxyl groups excluding tert-OH is 2. The zero-order valence-electron chi connectivity index (χ0n) is 18.4. The summed E-state index contributed by atoms with van der Waals surface area (Å²) in [7, 11) is 0. The molecule has 31 heavy (non-hydrogen) atoms. The Bertz CT molecular complexity index is 854. The van der Waals surface area contributed by atoms with Crippen molar-refractivity contribution in [2.75, 3.05) is 13.2 Å². The van der Waals surface area contributed by atoms with Gasteiger partial charge in [0, 0.05) is 35.3 Å². The molecule has 4 aliphatic carbocycles. The van der Waals surface area contributed by atoms with Crippen molar-refractivity contribution in [3.8, 4) is 0 Å². The second-order valence-corrected chi connectivity index (χ2v) is 11.0. The zero-order chi connectivity index (χ0) is 22.2. The standard InChI is InChI=1S/C23H33N3O5/c1-12-13-10-14(27)17-22-7-4-6-21(2,3)15(22)11-16(23(17,18(12)28)19(13)29)31-20(22)30-9-5-8-25-26-24/h13-17,19-20,27,29H,1,4-11H2,2-3H3/t13-,14-,15+,16+,17-,19+,20+,22-,23+/m0/s1. The predicted octanol–water partition coefficient (Wildman–Crippen LogP) is 3.13. The average Bonchev–Trinajstić information content (AvgIpc) is 2.84. The Hall–Kier alpha value is -1.44. The highest BCUT2D eigenvalue weighted by Gasteiger charge is 2.81. The molecular weight excluding hydrogens is 398 g/mol. The second kappa shape index (κ2) is 7.03. The summed E-state index contributed by atoms with van der Waals surface area (Å²) < 4.78 is 12.8. The highest BCUT2D eigenvalue weighted by Crippen LogP contribution is 2.75. The predicted molar refractivity (Wildman–Crippen MR) is 112 cm³/mol. The third kappa shape index (κ3) is 2.51. The van der Waals surface area contributed by atoms with Crippen LogP contribution in [0, 0.1) is 34.0 Å². The molecule has 2 saturated heterocycles. The van der Waals surface area contributed by atoms with E-state index in [0.29, 0.717) is 38.0 Å². The van der Waals surface area contributed by atoms with E-state index in [1.54, 1.807) is 0 Å². The van der Waals surface area contributed by atoms with Crippen molar-refractivity contribution in [1.29, 1.82) is 0 Å². The number of fused-ring (bicyclic) bond motifs is 2. The summed E-state index contributed by atoms with van der Waals surface area (Å²) in [4.78, 5) is 16.4. The molecular formula is C23H33N3O5. The van der Waals surface area contributed by atoms with Gasteiger partial charge in [-0.25, -0.2) is 0 Å². The zero-order valence-corrected chi connectivity index (χ0v) is 18.4. The van der Waals surface area contributed by atoms with Crippen LogP contribution in [0.3, 0.4) is 0 Å². The van der Waals surface area contributed by atoms with Crippen molar-refractivity contribution in [3.05, 3.63) is 22.6 Å². The van der Waals surface area contributed by atoms with Gasteiger partial charge >= 0.3 is 0 Å². The first kappa shape index (κ1) is 21.4. The van der Waals surface area contributed by atoms with E-state index >= 15 is 0 Å². The molecule has 6 rings (SSSR count). The first-order valence-corrected chi connectivity index (χ1v) is 11.6. The molecule has 6 aliphatic rings.